The molecule has 2 aromatic heterocycles. The molecule has 2 heterocycles. The van der Waals surface area contributed by atoms with Crippen LogP contribution in [0.25, 0.3) is 66.4 Å². The number of benzene rings is 7. The summed E-state index contributed by atoms with van der Waals surface area (Å²) in [6.07, 6.45) is 0. The molecule has 7 aromatic carbocycles. The molecule has 0 spiro atoms. The van der Waals surface area contributed by atoms with E-state index >= 15 is 0 Å². The minimum atomic E-state index is 0.613. The third-order valence-electron chi connectivity index (χ3n) is 8.47. The van der Waals surface area contributed by atoms with Crippen molar-refractivity contribution in [2.24, 2.45) is 0 Å². The van der Waals surface area contributed by atoms with Crippen molar-refractivity contribution in [2.45, 2.75) is 0 Å². The van der Waals surface area contributed by atoms with Crippen LogP contribution in [-0.4, -0.2) is 4.98 Å². The summed E-state index contributed by atoms with van der Waals surface area (Å²) in [5.74, 6) is 0.613. The van der Waals surface area contributed by atoms with E-state index in [2.05, 4.69) is 102 Å². The van der Waals surface area contributed by atoms with E-state index in [1.807, 2.05) is 60.7 Å². The highest BCUT2D eigenvalue weighted by atomic mass is 16.3. The van der Waals surface area contributed by atoms with E-state index in [0.717, 1.165) is 77.6 Å². The van der Waals surface area contributed by atoms with Gasteiger partial charge < -0.3 is 13.7 Å². The molecule has 4 heteroatoms. The molecule has 0 amide bonds. The van der Waals surface area contributed by atoms with Crippen molar-refractivity contribution in [1.29, 1.82) is 0 Å². The molecule has 0 atom stereocenters. The Morgan fingerprint density at radius 2 is 1.20 bits per heavy atom. The predicted octanol–water partition coefficient (Wildman–Crippen LogP) is 11.7. The van der Waals surface area contributed by atoms with Gasteiger partial charge in [-0.05, 0) is 77.2 Å². The molecule has 0 unspecified atom stereocenters. The summed E-state index contributed by atoms with van der Waals surface area (Å²) in [7, 11) is 0. The molecule has 0 aliphatic heterocycles. The van der Waals surface area contributed by atoms with Gasteiger partial charge in [0.05, 0.1) is 11.1 Å². The zero-order valence-electron chi connectivity index (χ0n) is 24.2. The summed E-state index contributed by atoms with van der Waals surface area (Å²) in [6, 6.07) is 54.4. The third kappa shape index (κ3) is 4.19. The first-order valence-electron chi connectivity index (χ1n) is 15.1. The zero-order valence-corrected chi connectivity index (χ0v) is 24.2. The Hall–Kier alpha value is -6.13. The van der Waals surface area contributed by atoms with Crippen molar-refractivity contribution in [3.63, 3.8) is 0 Å². The van der Waals surface area contributed by atoms with E-state index in [0.29, 0.717) is 5.89 Å². The number of hydrogen-bond acceptors (Lipinski definition) is 4. The van der Waals surface area contributed by atoms with E-state index in [4.69, 9.17) is 13.8 Å². The Kier molecular flexibility index (Phi) is 5.78. The summed E-state index contributed by atoms with van der Waals surface area (Å²) in [6.45, 7) is 0. The van der Waals surface area contributed by atoms with Gasteiger partial charge in [-0.1, -0.05) is 97.1 Å². The second-order valence-corrected chi connectivity index (χ2v) is 11.2. The minimum absolute atomic E-state index is 0.613. The molecule has 9 aromatic rings. The number of fused-ring (bicyclic) bond motifs is 6. The van der Waals surface area contributed by atoms with Gasteiger partial charge in [0, 0.05) is 27.7 Å². The number of rotatable bonds is 5. The Morgan fingerprint density at radius 3 is 2.09 bits per heavy atom. The lowest BCUT2D eigenvalue weighted by molar-refractivity contribution is 0.623. The molecule has 0 saturated carbocycles. The van der Waals surface area contributed by atoms with Gasteiger partial charge in [0.2, 0.25) is 5.89 Å². The van der Waals surface area contributed by atoms with Crippen molar-refractivity contribution in [3.8, 4) is 22.6 Å². The summed E-state index contributed by atoms with van der Waals surface area (Å²) in [4.78, 5) is 7.20. The minimum Gasteiger partial charge on any atom is -0.456 e. The maximum absolute atomic E-state index is 6.56. The molecule has 0 aliphatic rings. The van der Waals surface area contributed by atoms with E-state index in [-0.39, 0.29) is 0 Å². The van der Waals surface area contributed by atoms with E-state index in [1.54, 1.807) is 0 Å². The molecule has 0 saturated heterocycles. The van der Waals surface area contributed by atoms with Crippen LogP contribution in [0.3, 0.4) is 0 Å². The molecular weight excluding hydrogens is 552 g/mol. The molecule has 45 heavy (non-hydrogen) atoms. The SMILES string of the molecule is c1ccc(-c2nc3ccc4cccc(N(c5ccccc5)c5cccc(-c6cccc7oc8ccccc8c67)c5)c4c3o2)cc1. The maximum atomic E-state index is 6.56. The lowest BCUT2D eigenvalue weighted by Gasteiger charge is -2.27. The van der Waals surface area contributed by atoms with Gasteiger partial charge in [0.15, 0.2) is 5.58 Å². The number of nitrogens with zero attached hydrogens (tertiary/aromatic N) is 2. The summed E-state index contributed by atoms with van der Waals surface area (Å²) < 4.78 is 12.8. The van der Waals surface area contributed by atoms with E-state index < -0.39 is 0 Å². The number of anilines is 3. The predicted molar refractivity (Wildman–Crippen MR) is 184 cm³/mol. The van der Waals surface area contributed by atoms with Crippen LogP contribution in [0.5, 0.6) is 0 Å². The number of hydrogen-bond donors (Lipinski definition) is 0. The molecule has 0 bridgehead atoms. The molecule has 212 valence electrons. The molecule has 9 rings (SSSR count). The Bertz CT molecular complexity index is 2490. The number of furan rings is 1. The van der Waals surface area contributed by atoms with Crippen LogP contribution < -0.4 is 4.90 Å². The molecule has 0 aliphatic carbocycles. The van der Waals surface area contributed by atoms with Crippen molar-refractivity contribution in [2.75, 3.05) is 4.90 Å². The smallest absolute Gasteiger partial charge is 0.227 e. The largest absolute Gasteiger partial charge is 0.456 e. The van der Waals surface area contributed by atoms with E-state index in [1.165, 1.54) is 0 Å². The van der Waals surface area contributed by atoms with Crippen LogP contribution in [-0.2, 0) is 0 Å². The molecular formula is C41H26N2O2. The average Bonchev–Trinajstić information content (AvgIpc) is 3.72. The van der Waals surface area contributed by atoms with Gasteiger partial charge in [0.25, 0.3) is 0 Å². The fourth-order valence-electron chi connectivity index (χ4n) is 6.46. The van der Waals surface area contributed by atoms with Gasteiger partial charge in [0.1, 0.15) is 16.7 Å². The lowest BCUT2D eigenvalue weighted by Crippen LogP contribution is -2.10. The van der Waals surface area contributed by atoms with Gasteiger partial charge >= 0.3 is 0 Å². The summed E-state index contributed by atoms with van der Waals surface area (Å²) in [5.41, 5.74) is 9.68. The van der Waals surface area contributed by atoms with Crippen LogP contribution in [0.15, 0.2) is 167 Å². The van der Waals surface area contributed by atoms with Crippen LogP contribution in [0, 0.1) is 0 Å². The average molecular weight is 579 g/mol. The molecule has 0 N–H and O–H groups in total. The van der Waals surface area contributed by atoms with Crippen molar-refractivity contribution >= 4 is 60.9 Å². The zero-order chi connectivity index (χ0) is 29.7. The third-order valence-corrected chi connectivity index (χ3v) is 8.47. The normalized spacial score (nSPS) is 11.6. The highest BCUT2D eigenvalue weighted by Crippen LogP contribution is 2.44. The fraction of sp³-hybridized carbons (Fsp3) is 0. The first kappa shape index (κ1) is 25.4. The topological polar surface area (TPSA) is 42.4 Å². The van der Waals surface area contributed by atoms with Crippen LogP contribution in [0.2, 0.25) is 0 Å². The van der Waals surface area contributed by atoms with Gasteiger partial charge in [-0.15, -0.1) is 0 Å². The highest BCUT2D eigenvalue weighted by molar-refractivity contribution is 6.14. The monoisotopic (exact) mass is 578 g/mol. The quantitative estimate of drug-likeness (QED) is 0.204. The standard InChI is InChI=1S/C41H26N2O2/c1-3-12-28(13-4-1)41-42-34-25-24-27-14-10-21-35(38(27)40(34)45-41)43(30-16-5-2-6-17-30)31-18-9-15-29(26-31)32-20-11-23-37-39(32)33-19-7-8-22-36(33)44-37/h1-26H. The summed E-state index contributed by atoms with van der Waals surface area (Å²) in [5, 5.41) is 4.34. The second kappa shape index (κ2) is 10.2. The second-order valence-electron chi connectivity index (χ2n) is 11.2. The Balaban J connectivity index is 1.28. The van der Waals surface area contributed by atoms with Crippen molar-refractivity contribution < 1.29 is 8.83 Å². The highest BCUT2D eigenvalue weighted by Gasteiger charge is 2.21. The fourth-order valence-corrected chi connectivity index (χ4v) is 6.46. The Morgan fingerprint density at radius 1 is 0.489 bits per heavy atom. The number of para-hydroxylation sites is 2. The first-order chi connectivity index (χ1) is 22.3. The molecule has 0 fully saturated rings. The van der Waals surface area contributed by atoms with Crippen LogP contribution in [0.1, 0.15) is 0 Å². The van der Waals surface area contributed by atoms with Crippen molar-refractivity contribution in [3.05, 3.63) is 158 Å². The lowest BCUT2D eigenvalue weighted by atomic mass is 9.98. The first-order valence-corrected chi connectivity index (χ1v) is 15.1. The van der Waals surface area contributed by atoms with Crippen LogP contribution >= 0.6 is 0 Å². The molecule has 4 nitrogen and oxygen atoms in total. The van der Waals surface area contributed by atoms with Crippen LogP contribution in [0.4, 0.5) is 17.1 Å². The van der Waals surface area contributed by atoms with Gasteiger partial charge in [-0.3, -0.25) is 0 Å². The van der Waals surface area contributed by atoms with Crippen molar-refractivity contribution in [1.82, 2.24) is 4.98 Å². The Labute approximate surface area is 259 Å². The number of aromatic nitrogens is 1. The number of oxazole rings is 1. The maximum Gasteiger partial charge on any atom is 0.227 e. The summed E-state index contributed by atoms with van der Waals surface area (Å²) >= 11 is 0. The van der Waals surface area contributed by atoms with Gasteiger partial charge in [-0.2, -0.15) is 0 Å². The van der Waals surface area contributed by atoms with Gasteiger partial charge in [-0.25, -0.2) is 4.98 Å². The molecule has 0 radical (unpaired) electrons. The van der Waals surface area contributed by atoms with E-state index in [9.17, 15) is 0 Å².